The van der Waals surface area contributed by atoms with E-state index in [1.807, 2.05) is 0 Å². The number of morpholine rings is 1. The van der Waals surface area contributed by atoms with Gasteiger partial charge < -0.3 is 20.1 Å². The first-order valence-corrected chi connectivity index (χ1v) is 8.87. The van der Waals surface area contributed by atoms with Crippen LogP contribution in [0.4, 0.5) is 8.78 Å². The summed E-state index contributed by atoms with van der Waals surface area (Å²) >= 11 is 0. The summed E-state index contributed by atoms with van der Waals surface area (Å²) in [5, 5.41) is 6.40. The van der Waals surface area contributed by atoms with E-state index in [1.54, 1.807) is 7.05 Å². The van der Waals surface area contributed by atoms with E-state index in [9.17, 15) is 8.78 Å². The van der Waals surface area contributed by atoms with Gasteiger partial charge in [-0.1, -0.05) is 0 Å². The van der Waals surface area contributed by atoms with Gasteiger partial charge in [0.05, 0.1) is 19.8 Å². The number of aliphatic imine (C=N–C) groups is 1. The number of ether oxygens (including phenoxy) is 2. The molecule has 1 saturated heterocycles. The predicted octanol–water partition coefficient (Wildman–Crippen LogP) is 2.24. The average molecular weight is 498 g/mol. The minimum Gasteiger partial charge on any atom is -0.489 e. The molecule has 27 heavy (non-hydrogen) atoms. The topological polar surface area (TPSA) is 58.1 Å². The van der Waals surface area contributed by atoms with Gasteiger partial charge in [0, 0.05) is 38.3 Å². The van der Waals surface area contributed by atoms with Crippen molar-refractivity contribution in [2.75, 3.05) is 46.5 Å². The molecule has 1 aromatic rings. The first kappa shape index (κ1) is 23.8. The summed E-state index contributed by atoms with van der Waals surface area (Å²) in [6, 6.07) is 3.99. The molecule has 2 atom stereocenters. The number of guanidine groups is 1. The van der Waals surface area contributed by atoms with E-state index < -0.39 is 11.6 Å². The van der Waals surface area contributed by atoms with Crippen LogP contribution in [0.2, 0.25) is 0 Å². The van der Waals surface area contributed by atoms with Crippen molar-refractivity contribution in [3.63, 3.8) is 0 Å². The van der Waals surface area contributed by atoms with Gasteiger partial charge >= 0.3 is 0 Å². The third-order valence-corrected chi connectivity index (χ3v) is 4.32. The van der Waals surface area contributed by atoms with E-state index in [1.165, 1.54) is 12.1 Å². The van der Waals surface area contributed by atoms with E-state index in [-0.39, 0.29) is 36.3 Å². The maximum Gasteiger partial charge on any atom is 0.191 e. The van der Waals surface area contributed by atoms with Gasteiger partial charge in [-0.3, -0.25) is 9.89 Å². The second-order valence-electron chi connectivity index (χ2n) is 6.31. The highest BCUT2D eigenvalue weighted by atomic mass is 127. The second kappa shape index (κ2) is 12.3. The minimum absolute atomic E-state index is 0. The zero-order chi connectivity index (χ0) is 18.9. The number of rotatable bonds is 7. The Hall–Kier alpha value is -1.20. The minimum atomic E-state index is -0.707. The van der Waals surface area contributed by atoms with Crippen LogP contribution in [-0.4, -0.2) is 69.4 Å². The normalized spacial score (nSPS) is 19.1. The summed E-state index contributed by atoms with van der Waals surface area (Å²) in [6.07, 6.45) is 0. The van der Waals surface area contributed by atoms with Crippen LogP contribution in [0.15, 0.2) is 23.2 Å². The lowest BCUT2D eigenvalue weighted by Gasteiger charge is -2.38. The van der Waals surface area contributed by atoms with E-state index in [0.29, 0.717) is 24.6 Å². The standard InChI is InChI=1S/C18H28F2N4O2.HI/c1-13(24-7-9-25-12-14(24)2)11-23-18(21-3)22-6-8-26-17-5-4-15(19)10-16(17)20;/h4-5,10,13-14H,6-9,11-12H2,1-3H3,(H2,21,22,23);1H. The molecule has 9 heteroatoms. The summed E-state index contributed by atoms with van der Waals surface area (Å²) in [5.74, 6) is -0.644. The summed E-state index contributed by atoms with van der Waals surface area (Å²) in [4.78, 5) is 6.58. The van der Waals surface area contributed by atoms with Crippen molar-refractivity contribution >= 4 is 29.9 Å². The highest BCUT2D eigenvalue weighted by molar-refractivity contribution is 14.0. The third-order valence-electron chi connectivity index (χ3n) is 4.32. The first-order valence-electron chi connectivity index (χ1n) is 8.87. The molecule has 2 N–H and O–H groups in total. The molecular formula is C18H29F2IN4O2. The summed E-state index contributed by atoms with van der Waals surface area (Å²) < 4.78 is 37.1. The van der Waals surface area contributed by atoms with Crippen LogP contribution in [-0.2, 0) is 4.74 Å². The number of halogens is 3. The van der Waals surface area contributed by atoms with Crippen molar-refractivity contribution < 1.29 is 18.3 Å². The molecule has 0 spiro atoms. The van der Waals surface area contributed by atoms with Gasteiger partial charge in [0.15, 0.2) is 17.5 Å². The summed E-state index contributed by atoms with van der Waals surface area (Å²) in [7, 11) is 1.69. The Morgan fingerprint density at radius 3 is 2.85 bits per heavy atom. The van der Waals surface area contributed by atoms with Gasteiger partial charge in [0.25, 0.3) is 0 Å². The lowest BCUT2D eigenvalue weighted by atomic mass is 10.2. The fraction of sp³-hybridized carbons (Fsp3) is 0.611. The lowest BCUT2D eigenvalue weighted by molar-refractivity contribution is -0.0174. The molecule has 0 aromatic heterocycles. The Morgan fingerprint density at radius 1 is 1.41 bits per heavy atom. The number of nitrogens with zero attached hydrogens (tertiary/aromatic N) is 2. The molecule has 0 amide bonds. The zero-order valence-corrected chi connectivity index (χ0v) is 18.3. The smallest absolute Gasteiger partial charge is 0.191 e. The second-order valence-corrected chi connectivity index (χ2v) is 6.31. The number of nitrogens with one attached hydrogen (secondary N) is 2. The van der Waals surface area contributed by atoms with Crippen molar-refractivity contribution in [2.24, 2.45) is 4.99 Å². The van der Waals surface area contributed by atoms with E-state index >= 15 is 0 Å². The Bertz CT molecular complexity index is 607. The molecule has 0 radical (unpaired) electrons. The fourth-order valence-corrected chi connectivity index (χ4v) is 2.90. The Kier molecular flexibility index (Phi) is 10.9. The molecule has 0 saturated carbocycles. The molecular weight excluding hydrogens is 469 g/mol. The van der Waals surface area contributed by atoms with Crippen LogP contribution in [0, 0.1) is 11.6 Å². The van der Waals surface area contributed by atoms with E-state index in [4.69, 9.17) is 9.47 Å². The summed E-state index contributed by atoms with van der Waals surface area (Å²) in [5.41, 5.74) is 0. The Balaban J connectivity index is 0.00000364. The molecule has 0 aliphatic carbocycles. The van der Waals surface area contributed by atoms with Crippen LogP contribution in [0.3, 0.4) is 0 Å². The van der Waals surface area contributed by atoms with Gasteiger partial charge in [0.1, 0.15) is 12.4 Å². The molecule has 154 valence electrons. The Morgan fingerprint density at radius 2 is 2.19 bits per heavy atom. The summed E-state index contributed by atoms with van der Waals surface area (Å²) in [6.45, 7) is 8.20. The number of hydrogen-bond donors (Lipinski definition) is 2. The maximum absolute atomic E-state index is 13.5. The van der Waals surface area contributed by atoms with E-state index in [2.05, 4.69) is 34.4 Å². The zero-order valence-electron chi connectivity index (χ0n) is 16.0. The fourth-order valence-electron chi connectivity index (χ4n) is 2.90. The van der Waals surface area contributed by atoms with Gasteiger partial charge in [-0.05, 0) is 26.0 Å². The molecule has 1 aliphatic rings. The van der Waals surface area contributed by atoms with Gasteiger partial charge in [-0.25, -0.2) is 8.78 Å². The quantitative estimate of drug-likeness (QED) is 0.262. The van der Waals surface area contributed by atoms with Gasteiger partial charge in [-0.2, -0.15) is 0 Å². The van der Waals surface area contributed by atoms with Crippen molar-refractivity contribution in [1.82, 2.24) is 15.5 Å². The molecule has 1 heterocycles. The van der Waals surface area contributed by atoms with E-state index in [0.717, 1.165) is 32.4 Å². The van der Waals surface area contributed by atoms with Crippen molar-refractivity contribution in [3.05, 3.63) is 29.8 Å². The van der Waals surface area contributed by atoms with Crippen LogP contribution in [0.1, 0.15) is 13.8 Å². The molecule has 1 fully saturated rings. The largest absolute Gasteiger partial charge is 0.489 e. The number of hydrogen-bond acceptors (Lipinski definition) is 4. The van der Waals surface area contributed by atoms with Gasteiger partial charge in [0.2, 0.25) is 0 Å². The van der Waals surface area contributed by atoms with Gasteiger partial charge in [-0.15, -0.1) is 24.0 Å². The molecule has 0 bridgehead atoms. The molecule has 2 unspecified atom stereocenters. The van der Waals surface area contributed by atoms with Crippen molar-refractivity contribution in [2.45, 2.75) is 25.9 Å². The SMILES string of the molecule is CN=C(NCCOc1ccc(F)cc1F)NCC(C)N1CCOCC1C.I. The third kappa shape index (κ3) is 7.74. The molecule has 1 aromatic carbocycles. The maximum atomic E-state index is 13.5. The molecule has 2 rings (SSSR count). The Labute approximate surface area is 176 Å². The highest BCUT2D eigenvalue weighted by Crippen LogP contribution is 2.17. The first-order chi connectivity index (χ1) is 12.5. The van der Waals surface area contributed by atoms with Crippen LogP contribution in [0.5, 0.6) is 5.75 Å². The predicted molar refractivity (Wildman–Crippen MR) is 113 cm³/mol. The highest BCUT2D eigenvalue weighted by Gasteiger charge is 2.23. The molecule has 6 nitrogen and oxygen atoms in total. The lowest BCUT2D eigenvalue weighted by Crippen LogP contribution is -2.53. The van der Waals surface area contributed by atoms with Crippen LogP contribution < -0.4 is 15.4 Å². The molecule has 1 aliphatic heterocycles. The van der Waals surface area contributed by atoms with Crippen molar-refractivity contribution in [1.29, 1.82) is 0 Å². The van der Waals surface area contributed by atoms with Crippen LogP contribution in [0.25, 0.3) is 0 Å². The van der Waals surface area contributed by atoms with Crippen LogP contribution >= 0.6 is 24.0 Å². The average Bonchev–Trinajstić information content (AvgIpc) is 2.62. The monoisotopic (exact) mass is 498 g/mol. The number of benzene rings is 1. The van der Waals surface area contributed by atoms with Crippen molar-refractivity contribution in [3.8, 4) is 5.75 Å².